The van der Waals surface area contributed by atoms with E-state index in [2.05, 4.69) is 5.32 Å². The molecule has 23 heavy (non-hydrogen) atoms. The number of piperidine rings is 1. The predicted molar refractivity (Wildman–Crippen MR) is 77.9 cm³/mol. The van der Waals surface area contributed by atoms with Crippen LogP contribution in [0.15, 0.2) is 24.3 Å². The average Bonchev–Trinajstić information content (AvgIpc) is 2.45. The van der Waals surface area contributed by atoms with Gasteiger partial charge in [-0.2, -0.15) is 5.26 Å². The number of hydrogen-bond acceptors (Lipinski definition) is 6. The van der Waals surface area contributed by atoms with Crippen LogP contribution in [0.3, 0.4) is 0 Å². The third kappa shape index (κ3) is 2.91. The van der Waals surface area contributed by atoms with Crippen LogP contribution in [0.2, 0.25) is 0 Å². The summed E-state index contributed by atoms with van der Waals surface area (Å²) in [6.07, 6.45) is 0. The Labute approximate surface area is 131 Å². The smallest absolute Gasteiger partial charge is 0.269 e. The van der Waals surface area contributed by atoms with E-state index in [1.807, 2.05) is 6.07 Å². The number of Topliss-reactive ketones (excluding diaryl/α,β-unsaturated/α-hetero) is 1. The number of rotatable bonds is 3. The standard InChI is InChI=1S/C15H15N3O5/c1-8(19)13-12(9-4-3-5-10(6-9)18(22)23)11(7-16)14(20)17-15(13,2)21/h3-6,11-13,21H,1-2H3,(H,17,20). The van der Waals surface area contributed by atoms with Gasteiger partial charge in [-0.05, 0) is 19.4 Å². The zero-order chi connectivity index (χ0) is 17.4. The van der Waals surface area contributed by atoms with E-state index in [0.29, 0.717) is 5.56 Å². The normalized spacial score (nSPS) is 30.2. The zero-order valence-electron chi connectivity index (χ0n) is 12.5. The highest BCUT2D eigenvalue weighted by Gasteiger charge is 2.52. The van der Waals surface area contributed by atoms with Gasteiger partial charge >= 0.3 is 0 Å². The van der Waals surface area contributed by atoms with E-state index >= 15 is 0 Å². The summed E-state index contributed by atoms with van der Waals surface area (Å²) in [5, 5.41) is 32.9. The second-order valence-corrected chi connectivity index (χ2v) is 5.71. The Kier molecular flexibility index (Phi) is 4.16. The molecular formula is C15H15N3O5. The van der Waals surface area contributed by atoms with Crippen LogP contribution in [0.25, 0.3) is 0 Å². The number of non-ortho nitro benzene ring substituents is 1. The lowest BCUT2D eigenvalue weighted by Gasteiger charge is -2.43. The molecular weight excluding hydrogens is 302 g/mol. The van der Waals surface area contributed by atoms with Gasteiger partial charge < -0.3 is 10.4 Å². The first-order valence-electron chi connectivity index (χ1n) is 6.88. The molecule has 0 aromatic heterocycles. The minimum atomic E-state index is -1.84. The number of amides is 1. The molecule has 0 spiro atoms. The van der Waals surface area contributed by atoms with Crippen LogP contribution in [0.5, 0.6) is 0 Å². The van der Waals surface area contributed by atoms with E-state index in [9.17, 15) is 30.1 Å². The fourth-order valence-corrected chi connectivity index (χ4v) is 3.13. The van der Waals surface area contributed by atoms with Crippen molar-refractivity contribution in [3.05, 3.63) is 39.9 Å². The third-order valence-corrected chi connectivity index (χ3v) is 4.03. The summed E-state index contributed by atoms with van der Waals surface area (Å²) >= 11 is 0. The number of nitriles is 1. The molecule has 2 N–H and O–H groups in total. The fraction of sp³-hybridized carbons (Fsp3) is 0.400. The summed E-state index contributed by atoms with van der Waals surface area (Å²) in [6, 6.07) is 7.25. The van der Waals surface area contributed by atoms with Crippen LogP contribution >= 0.6 is 0 Å². The highest BCUT2D eigenvalue weighted by atomic mass is 16.6. The van der Waals surface area contributed by atoms with Gasteiger partial charge in [-0.1, -0.05) is 12.1 Å². The molecule has 1 amide bonds. The Morgan fingerprint density at radius 3 is 2.70 bits per heavy atom. The van der Waals surface area contributed by atoms with Gasteiger partial charge in [0.2, 0.25) is 5.91 Å². The highest BCUT2D eigenvalue weighted by molar-refractivity contribution is 5.89. The fourth-order valence-electron chi connectivity index (χ4n) is 3.13. The molecule has 1 saturated heterocycles. The summed E-state index contributed by atoms with van der Waals surface area (Å²) < 4.78 is 0. The maximum atomic E-state index is 12.1. The van der Waals surface area contributed by atoms with Gasteiger partial charge in [0, 0.05) is 18.1 Å². The number of benzene rings is 1. The van der Waals surface area contributed by atoms with Crippen molar-refractivity contribution in [2.24, 2.45) is 11.8 Å². The Morgan fingerprint density at radius 2 is 2.17 bits per heavy atom. The molecule has 0 aliphatic carbocycles. The van der Waals surface area contributed by atoms with Gasteiger partial charge in [-0.25, -0.2) is 0 Å². The molecule has 1 fully saturated rings. The first-order valence-corrected chi connectivity index (χ1v) is 6.88. The molecule has 1 aromatic rings. The van der Waals surface area contributed by atoms with Crippen LogP contribution in [-0.2, 0) is 9.59 Å². The van der Waals surface area contributed by atoms with E-state index in [0.717, 1.165) is 0 Å². The average molecular weight is 317 g/mol. The molecule has 0 radical (unpaired) electrons. The Bertz CT molecular complexity index is 722. The molecule has 8 nitrogen and oxygen atoms in total. The number of aliphatic hydroxyl groups is 1. The van der Waals surface area contributed by atoms with Gasteiger partial charge in [-0.15, -0.1) is 0 Å². The van der Waals surface area contributed by atoms with E-state index in [4.69, 9.17) is 0 Å². The summed E-state index contributed by atoms with van der Waals surface area (Å²) in [4.78, 5) is 34.4. The zero-order valence-corrected chi connectivity index (χ0v) is 12.5. The molecule has 1 aliphatic rings. The number of carbonyl (C=O) groups is 2. The largest absolute Gasteiger partial charge is 0.370 e. The van der Waals surface area contributed by atoms with Crippen molar-refractivity contribution in [1.29, 1.82) is 5.26 Å². The number of nitrogens with zero attached hydrogens (tertiary/aromatic N) is 2. The first-order chi connectivity index (χ1) is 10.7. The molecule has 120 valence electrons. The lowest BCUT2D eigenvalue weighted by molar-refractivity contribution is -0.385. The van der Waals surface area contributed by atoms with E-state index in [1.54, 1.807) is 0 Å². The van der Waals surface area contributed by atoms with Crippen molar-refractivity contribution in [2.45, 2.75) is 25.5 Å². The Morgan fingerprint density at radius 1 is 1.52 bits per heavy atom. The van der Waals surface area contributed by atoms with Gasteiger partial charge in [0.15, 0.2) is 0 Å². The maximum Gasteiger partial charge on any atom is 0.269 e. The minimum absolute atomic E-state index is 0.216. The molecule has 4 unspecified atom stereocenters. The molecule has 0 bridgehead atoms. The topological polar surface area (TPSA) is 133 Å². The van der Waals surface area contributed by atoms with Crippen LogP contribution in [0.1, 0.15) is 25.3 Å². The lowest BCUT2D eigenvalue weighted by atomic mass is 9.68. The number of ketones is 1. The van der Waals surface area contributed by atoms with Gasteiger partial charge in [0.05, 0.1) is 16.9 Å². The molecule has 2 rings (SSSR count). The van der Waals surface area contributed by atoms with Crippen LogP contribution in [-0.4, -0.2) is 27.4 Å². The molecule has 8 heteroatoms. The number of nitro groups is 1. The van der Waals surface area contributed by atoms with Crippen molar-refractivity contribution in [2.75, 3.05) is 0 Å². The third-order valence-electron chi connectivity index (χ3n) is 4.03. The van der Waals surface area contributed by atoms with Gasteiger partial charge in [0.1, 0.15) is 17.4 Å². The van der Waals surface area contributed by atoms with Crippen LogP contribution in [0, 0.1) is 33.3 Å². The monoisotopic (exact) mass is 317 g/mol. The second kappa shape index (κ2) is 5.78. The molecule has 1 heterocycles. The molecule has 1 aromatic carbocycles. The number of nitrogens with one attached hydrogen (secondary N) is 1. The highest BCUT2D eigenvalue weighted by Crippen LogP contribution is 2.42. The van der Waals surface area contributed by atoms with E-state index in [1.165, 1.54) is 38.1 Å². The Hall–Kier alpha value is -2.79. The quantitative estimate of drug-likeness (QED) is 0.627. The summed E-state index contributed by atoms with van der Waals surface area (Å²) in [5.41, 5.74) is -1.76. The van der Waals surface area contributed by atoms with Crippen molar-refractivity contribution < 1.29 is 19.6 Å². The maximum absolute atomic E-state index is 12.1. The summed E-state index contributed by atoms with van der Waals surface area (Å²) in [6.45, 7) is 2.52. The van der Waals surface area contributed by atoms with Crippen LogP contribution < -0.4 is 5.32 Å². The lowest BCUT2D eigenvalue weighted by Crippen LogP contribution is -2.62. The molecule has 4 atom stereocenters. The number of hydrogen-bond donors (Lipinski definition) is 2. The van der Waals surface area contributed by atoms with Crippen molar-refractivity contribution in [3.8, 4) is 6.07 Å². The SMILES string of the molecule is CC(=O)C1C(c2cccc([N+](=O)[O-])c2)C(C#N)C(=O)NC1(C)O. The minimum Gasteiger partial charge on any atom is -0.370 e. The van der Waals surface area contributed by atoms with Crippen molar-refractivity contribution >= 4 is 17.4 Å². The molecule has 0 saturated carbocycles. The van der Waals surface area contributed by atoms with Crippen LogP contribution in [0.4, 0.5) is 5.69 Å². The van der Waals surface area contributed by atoms with Gasteiger partial charge in [-0.3, -0.25) is 19.7 Å². The molecule has 1 aliphatic heterocycles. The summed E-state index contributed by atoms with van der Waals surface area (Å²) in [5.74, 6) is -4.43. The summed E-state index contributed by atoms with van der Waals surface area (Å²) in [7, 11) is 0. The number of carbonyl (C=O) groups excluding carboxylic acids is 2. The van der Waals surface area contributed by atoms with E-state index in [-0.39, 0.29) is 5.69 Å². The van der Waals surface area contributed by atoms with E-state index < -0.39 is 40.1 Å². The second-order valence-electron chi connectivity index (χ2n) is 5.71. The predicted octanol–water partition coefficient (Wildman–Crippen LogP) is 0.862. The van der Waals surface area contributed by atoms with Gasteiger partial charge in [0.25, 0.3) is 5.69 Å². The van der Waals surface area contributed by atoms with Crippen molar-refractivity contribution in [3.63, 3.8) is 0 Å². The first kappa shape index (κ1) is 16.6. The number of nitro benzene ring substituents is 1. The van der Waals surface area contributed by atoms with Crippen molar-refractivity contribution in [1.82, 2.24) is 5.32 Å². The Balaban J connectivity index is 2.63.